The summed E-state index contributed by atoms with van der Waals surface area (Å²) in [5.41, 5.74) is 0.419. The van der Waals surface area contributed by atoms with Gasteiger partial charge in [0, 0.05) is 5.02 Å². The van der Waals surface area contributed by atoms with E-state index in [2.05, 4.69) is 15.9 Å². The second-order valence-electron chi connectivity index (χ2n) is 4.50. The third kappa shape index (κ3) is 2.94. The summed E-state index contributed by atoms with van der Waals surface area (Å²) in [6, 6.07) is 18.2. The highest BCUT2D eigenvalue weighted by Crippen LogP contribution is 2.33. The fourth-order valence-electron chi connectivity index (χ4n) is 2.07. The van der Waals surface area contributed by atoms with Crippen LogP contribution in [0.4, 0.5) is 0 Å². The molecule has 0 saturated heterocycles. The topological polar surface area (TPSA) is 26.3 Å². The Kier molecular flexibility index (Phi) is 3.95. The van der Waals surface area contributed by atoms with Gasteiger partial charge >= 0.3 is 5.97 Å². The molecule has 0 heterocycles. The molecule has 0 bridgehead atoms. The van der Waals surface area contributed by atoms with Crippen molar-refractivity contribution in [2.75, 3.05) is 0 Å². The van der Waals surface area contributed by atoms with Crippen molar-refractivity contribution in [2.45, 2.75) is 0 Å². The van der Waals surface area contributed by atoms with Crippen LogP contribution >= 0.6 is 27.5 Å². The lowest BCUT2D eigenvalue weighted by Gasteiger charge is -2.09. The SMILES string of the molecule is O=C(Oc1ccc2ccccc2c1Br)c1cccc(Cl)c1. The van der Waals surface area contributed by atoms with Gasteiger partial charge in [-0.3, -0.25) is 0 Å². The Labute approximate surface area is 135 Å². The minimum absolute atomic E-state index is 0.419. The van der Waals surface area contributed by atoms with Crippen molar-refractivity contribution in [1.82, 2.24) is 0 Å². The molecule has 3 aromatic rings. The first kappa shape index (κ1) is 14.1. The van der Waals surface area contributed by atoms with Gasteiger partial charge in [-0.05, 0) is 51.0 Å². The number of esters is 1. The van der Waals surface area contributed by atoms with Gasteiger partial charge in [0.15, 0.2) is 0 Å². The summed E-state index contributed by atoms with van der Waals surface area (Å²) in [6.07, 6.45) is 0. The smallest absolute Gasteiger partial charge is 0.343 e. The Hall–Kier alpha value is -1.84. The lowest BCUT2D eigenvalue weighted by Crippen LogP contribution is -2.08. The second kappa shape index (κ2) is 5.88. The number of carbonyl (C=O) groups is 1. The van der Waals surface area contributed by atoms with Crippen LogP contribution < -0.4 is 4.74 Å². The molecular formula is C17H10BrClO2. The lowest BCUT2D eigenvalue weighted by molar-refractivity contribution is 0.0734. The number of carbonyl (C=O) groups excluding carboxylic acids is 1. The quantitative estimate of drug-likeness (QED) is 0.446. The van der Waals surface area contributed by atoms with Gasteiger partial charge in [0.1, 0.15) is 5.75 Å². The summed E-state index contributed by atoms with van der Waals surface area (Å²) in [5.74, 6) is 0.0483. The fraction of sp³-hybridized carbons (Fsp3) is 0. The van der Waals surface area contributed by atoms with Crippen LogP contribution in [0.25, 0.3) is 10.8 Å². The van der Waals surface area contributed by atoms with Crippen molar-refractivity contribution in [1.29, 1.82) is 0 Å². The van der Waals surface area contributed by atoms with E-state index in [9.17, 15) is 4.79 Å². The summed E-state index contributed by atoms with van der Waals surface area (Å²) in [7, 11) is 0. The first-order chi connectivity index (χ1) is 10.1. The molecule has 0 aliphatic rings. The molecule has 0 unspecified atom stereocenters. The van der Waals surface area contributed by atoms with Gasteiger partial charge in [-0.2, -0.15) is 0 Å². The van der Waals surface area contributed by atoms with E-state index in [1.165, 1.54) is 0 Å². The van der Waals surface area contributed by atoms with Gasteiger partial charge in [0.2, 0.25) is 0 Å². The van der Waals surface area contributed by atoms with Gasteiger partial charge in [-0.1, -0.05) is 48.0 Å². The molecule has 0 aromatic heterocycles. The number of ether oxygens (including phenoxy) is 1. The van der Waals surface area contributed by atoms with Crippen molar-refractivity contribution < 1.29 is 9.53 Å². The van der Waals surface area contributed by atoms with Gasteiger partial charge in [-0.15, -0.1) is 0 Å². The standard InChI is InChI=1S/C17H10BrClO2/c18-16-14-7-2-1-4-11(14)8-9-15(16)21-17(20)12-5-3-6-13(19)10-12/h1-10H. The highest BCUT2D eigenvalue weighted by molar-refractivity contribution is 9.10. The largest absolute Gasteiger partial charge is 0.422 e. The molecule has 0 radical (unpaired) electrons. The molecule has 0 N–H and O–H groups in total. The molecule has 0 spiro atoms. The first-order valence-electron chi connectivity index (χ1n) is 6.30. The number of halogens is 2. The predicted molar refractivity (Wildman–Crippen MR) is 88.1 cm³/mol. The number of rotatable bonds is 2. The van der Waals surface area contributed by atoms with Crippen molar-refractivity contribution >= 4 is 44.3 Å². The summed E-state index contributed by atoms with van der Waals surface area (Å²) in [4.78, 5) is 12.2. The van der Waals surface area contributed by atoms with Gasteiger partial charge in [0.25, 0.3) is 0 Å². The van der Waals surface area contributed by atoms with E-state index >= 15 is 0 Å². The number of hydrogen-bond donors (Lipinski definition) is 0. The fourth-order valence-corrected chi connectivity index (χ4v) is 2.83. The van der Waals surface area contributed by atoms with Crippen LogP contribution in [0.1, 0.15) is 10.4 Å². The third-order valence-corrected chi connectivity index (χ3v) is 4.14. The normalized spacial score (nSPS) is 10.6. The van der Waals surface area contributed by atoms with Crippen LogP contribution in [-0.2, 0) is 0 Å². The molecule has 104 valence electrons. The third-order valence-electron chi connectivity index (χ3n) is 3.09. The minimum atomic E-state index is -0.437. The molecule has 0 aliphatic carbocycles. The van der Waals surface area contributed by atoms with Crippen LogP contribution in [0.2, 0.25) is 5.02 Å². The van der Waals surface area contributed by atoms with Gasteiger partial charge < -0.3 is 4.74 Å². The highest BCUT2D eigenvalue weighted by Gasteiger charge is 2.12. The zero-order chi connectivity index (χ0) is 14.8. The molecular weight excluding hydrogens is 352 g/mol. The molecule has 0 atom stereocenters. The number of fused-ring (bicyclic) bond motifs is 1. The van der Waals surface area contributed by atoms with E-state index in [-0.39, 0.29) is 0 Å². The highest BCUT2D eigenvalue weighted by atomic mass is 79.9. The second-order valence-corrected chi connectivity index (χ2v) is 5.73. The molecule has 2 nitrogen and oxygen atoms in total. The molecule has 0 saturated carbocycles. The van der Waals surface area contributed by atoms with Crippen molar-refractivity contribution in [3.8, 4) is 5.75 Å². The zero-order valence-electron chi connectivity index (χ0n) is 10.8. The molecule has 21 heavy (non-hydrogen) atoms. The maximum Gasteiger partial charge on any atom is 0.343 e. The summed E-state index contributed by atoms with van der Waals surface area (Å²) in [5, 5.41) is 2.57. The van der Waals surface area contributed by atoms with Crippen LogP contribution in [0.3, 0.4) is 0 Å². The maximum absolute atomic E-state index is 12.2. The summed E-state index contributed by atoms with van der Waals surface area (Å²) >= 11 is 9.38. The van der Waals surface area contributed by atoms with Crippen LogP contribution in [0.15, 0.2) is 65.1 Å². The molecule has 4 heteroatoms. The average molecular weight is 362 g/mol. The van der Waals surface area contributed by atoms with Crippen LogP contribution in [-0.4, -0.2) is 5.97 Å². The molecule has 0 aliphatic heterocycles. The van der Waals surface area contributed by atoms with E-state index in [0.29, 0.717) is 16.3 Å². The average Bonchev–Trinajstić information content (AvgIpc) is 2.50. The predicted octanol–water partition coefficient (Wildman–Crippen LogP) is 5.47. The van der Waals surface area contributed by atoms with E-state index in [1.54, 1.807) is 30.3 Å². The van der Waals surface area contributed by atoms with E-state index in [0.717, 1.165) is 15.2 Å². The Bertz CT molecular complexity index is 830. The maximum atomic E-state index is 12.2. The van der Waals surface area contributed by atoms with E-state index in [4.69, 9.17) is 16.3 Å². The molecule has 3 aromatic carbocycles. The van der Waals surface area contributed by atoms with E-state index in [1.807, 2.05) is 30.3 Å². The number of benzene rings is 3. The Morgan fingerprint density at radius 2 is 1.81 bits per heavy atom. The Morgan fingerprint density at radius 1 is 1.00 bits per heavy atom. The minimum Gasteiger partial charge on any atom is -0.422 e. The van der Waals surface area contributed by atoms with Crippen LogP contribution in [0.5, 0.6) is 5.75 Å². The first-order valence-corrected chi connectivity index (χ1v) is 7.47. The van der Waals surface area contributed by atoms with Crippen molar-refractivity contribution in [3.63, 3.8) is 0 Å². The molecule has 0 fully saturated rings. The monoisotopic (exact) mass is 360 g/mol. The summed E-state index contributed by atoms with van der Waals surface area (Å²) < 4.78 is 6.21. The Morgan fingerprint density at radius 3 is 2.62 bits per heavy atom. The van der Waals surface area contributed by atoms with Gasteiger partial charge in [-0.25, -0.2) is 4.79 Å². The van der Waals surface area contributed by atoms with Crippen molar-refractivity contribution in [2.24, 2.45) is 0 Å². The Balaban J connectivity index is 1.95. The zero-order valence-corrected chi connectivity index (χ0v) is 13.2. The number of hydrogen-bond acceptors (Lipinski definition) is 2. The summed E-state index contributed by atoms with van der Waals surface area (Å²) in [6.45, 7) is 0. The van der Waals surface area contributed by atoms with Gasteiger partial charge in [0.05, 0.1) is 10.0 Å². The molecule has 0 amide bonds. The lowest BCUT2D eigenvalue weighted by atomic mass is 10.1. The van der Waals surface area contributed by atoms with Crippen LogP contribution in [0, 0.1) is 0 Å². The molecule has 3 rings (SSSR count). The van der Waals surface area contributed by atoms with E-state index < -0.39 is 5.97 Å². The van der Waals surface area contributed by atoms with Crippen molar-refractivity contribution in [3.05, 3.63) is 75.7 Å².